The lowest BCUT2D eigenvalue weighted by Gasteiger charge is -2.31. The van der Waals surface area contributed by atoms with Crippen LogP contribution in [0.15, 0.2) is 48.0 Å². The number of ketones is 1. The van der Waals surface area contributed by atoms with Crippen molar-refractivity contribution in [2.45, 2.75) is 13.0 Å². The first kappa shape index (κ1) is 23.8. The van der Waals surface area contributed by atoms with Crippen LogP contribution in [-0.4, -0.2) is 80.2 Å². The van der Waals surface area contributed by atoms with Crippen LogP contribution in [0.25, 0.3) is 5.76 Å². The quantitative estimate of drug-likeness (QED) is 0.381. The molecule has 1 N–H and O–H groups in total. The number of aliphatic hydroxyl groups excluding tert-OH is 1. The van der Waals surface area contributed by atoms with Crippen LogP contribution < -0.4 is 9.47 Å². The highest BCUT2D eigenvalue weighted by molar-refractivity contribution is 6.46. The molecular formula is C26H30N2O6. The van der Waals surface area contributed by atoms with Crippen molar-refractivity contribution in [1.82, 2.24) is 9.80 Å². The number of para-hydroxylation sites is 1. The van der Waals surface area contributed by atoms with Gasteiger partial charge in [0.15, 0.2) is 11.5 Å². The van der Waals surface area contributed by atoms with E-state index in [1.807, 2.05) is 19.1 Å². The number of carbonyl (C=O) groups is 2. The molecule has 2 aliphatic heterocycles. The zero-order valence-corrected chi connectivity index (χ0v) is 19.7. The van der Waals surface area contributed by atoms with Crippen LogP contribution in [0, 0.1) is 6.92 Å². The molecule has 1 unspecified atom stereocenters. The van der Waals surface area contributed by atoms with Crippen LogP contribution >= 0.6 is 0 Å². The Morgan fingerprint density at radius 3 is 2.38 bits per heavy atom. The molecule has 0 saturated carbocycles. The molecular weight excluding hydrogens is 436 g/mol. The van der Waals surface area contributed by atoms with Crippen molar-refractivity contribution in [1.29, 1.82) is 0 Å². The Kier molecular flexibility index (Phi) is 7.19. The minimum absolute atomic E-state index is 0.0439. The number of carbonyl (C=O) groups excluding carboxylic acids is 2. The molecule has 0 spiro atoms. The summed E-state index contributed by atoms with van der Waals surface area (Å²) in [4.78, 5) is 30.2. The van der Waals surface area contributed by atoms with Crippen molar-refractivity contribution in [2.75, 3.05) is 53.6 Å². The minimum atomic E-state index is -0.813. The maximum absolute atomic E-state index is 13.3. The summed E-state index contributed by atoms with van der Waals surface area (Å²) in [5, 5.41) is 11.2. The topological polar surface area (TPSA) is 88.5 Å². The van der Waals surface area contributed by atoms with Crippen LogP contribution in [0.1, 0.15) is 22.7 Å². The molecule has 1 amide bonds. The Morgan fingerprint density at radius 2 is 1.74 bits per heavy atom. The standard InChI is InChI=1S/C26H30N2O6/c1-17-7-9-18(10-8-17)23(29)21-22(19-5-4-6-20(32-2)25(19)33-3)28(26(31)24(21)30)12-11-27-13-15-34-16-14-27/h4-10,22,29H,11-16H2,1-3H3/b23-21-. The SMILES string of the molecule is COc1cccc(C2/C(=C(/O)c3ccc(C)cc3)C(=O)C(=O)N2CCN2CCOCC2)c1OC. The van der Waals surface area contributed by atoms with Crippen molar-refractivity contribution in [3.05, 3.63) is 64.7 Å². The Morgan fingerprint density at radius 1 is 1.03 bits per heavy atom. The molecule has 34 heavy (non-hydrogen) atoms. The van der Waals surface area contributed by atoms with Gasteiger partial charge < -0.3 is 24.2 Å². The van der Waals surface area contributed by atoms with Gasteiger partial charge in [-0.25, -0.2) is 0 Å². The highest BCUT2D eigenvalue weighted by Gasteiger charge is 2.47. The maximum Gasteiger partial charge on any atom is 0.295 e. The van der Waals surface area contributed by atoms with Gasteiger partial charge in [-0.3, -0.25) is 14.5 Å². The van der Waals surface area contributed by atoms with E-state index in [-0.39, 0.29) is 11.3 Å². The number of benzene rings is 2. The van der Waals surface area contributed by atoms with Crippen molar-refractivity contribution < 1.29 is 28.9 Å². The van der Waals surface area contributed by atoms with E-state index < -0.39 is 17.7 Å². The molecule has 8 heteroatoms. The number of ether oxygens (including phenoxy) is 3. The summed E-state index contributed by atoms with van der Waals surface area (Å²) in [6, 6.07) is 11.7. The molecule has 1 atom stereocenters. The number of likely N-dealkylation sites (tertiary alicyclic amines) is 1. The smallest absolute Gasteiger partial charge is 0.295 e. The first-order chi connectivity index (χ1) is 16.5. The van der Waals surface area contributed by atoms with Crippen molar-refractivity contribution in [3.63, 3.8) is 0 Å². The summed E-state index contributed by atoms with van der Waals surface area (Å²) in [6.45, 7) is 5.65. The van der Waals surface area contributed by atoms with Crippen molar-refractivity contribution in [3.8, 4) is 11.5 Å². The number of hydrogen-bond donors (Lipinski definition) is 1. The molecule has 2 heterocycles. The van der Waals surface area contributed by atoms with E-state index in [1.54, 1.807) is 30.3 Å². The van der Waals surface area contributed by atoms with Gasteiger partial charge in [-0.15, -0.1) is 0 Å². The minimum Gasteiger partial charge on any atom is -0.507 e. The number of morpholine rings is 1. The van der Waals surface area contributed by atoms with E-state index in [0.717, 1.165) is 18.7 Å². The summed E-state index contributed by atoms with van der Waals surface area (Å²) >= 11 is 0. The Hall–Kier alpha value is -3.36. The highest BCUT2D eigenvalue weighted by atomic mass is 16.5. The van der Waals surface area contributed by atoms with Crippen molar-refractivity contribution in [2.24, 2.45) is 0 Å². The first-order valence-corrected chi connectivity index (χ1v) is 11.3. The Balaban J connectivity index is 1.81. The number of aliphatic hydroxyl groups is 1. The summed E-state index contributed by atoms with van der Waals surface area (Å²) in [5.41, 5.74) is 2.12. The predicted octanol–water partition coefficient (Wildman–Crippen LogP) is 2.77. The molecule has 2 saturated heterocycles. The summed E-state index contributed by atoms with van der Waals surface area (Å²) < 4.78 is 16.5. The third-order valence-electron chi connectivity index (χ3n) is 6.35. The zero-order valence-electron chi connectivity index (χ0n) is 19.7. The number of methoxy groups -OCH3 is 2. The normalized spacial score (nSPS) is 20.6. The fourth-order valence-corrected chi connectivity index (χ4v) is 4.50. The van der Waals surface area contributed by atoms with Gasteiger partial charge in [0.2, 0.25) is 0 Å². The molecule has 180 valence electrons. The first-order valence-electron chi connectivity index (χ1n) is 11.3. The number of nitrogens with zero attached hydrogens (tertiary/aromatic N) is 2. The highest BCUT2D eigenvalue weighted by Crippen LogP contribution is 2.45. The molecule has 0 radical (unpaired) electrons. The average molecular weight is 467 g/mol. The monoisotopic (exact) mass is 466 g/mol. The third-order valence-corrected chi connectivity index (χ3v) is 6.35. The summed E-state index contributed by atoms with van der Waals surface area (Å²) in [6.07, 6.45) is 0. The molecule has 2 aliphatic rings. The van der Waals surface area contributed by atoms with Gasteiger partial charge in [0.05, 0.1) is 39.0 Å². The second-order valence-electron chi connectivity index (χ2n) is 8.40. The number of rotatable bonds is 7. The molecule has 4 rings (SSSR count). The van der Waals surface area contributed by atoms with Crippen LogP contribution in [0.3, 0.4) is 0 Å². The average Bonchev–Trinajstić information content (AvgIpc) is 3.12. The van der Waals surface area contributed by atoms with Crippen LogP contribution in [0.4, 0.5) is 0 Å². The zero-order chi connectivity index (χ0) is 24.2. The van der Waals surface area contributed by atoms with Gasteiger partial charge in [0, 0.05) is 37.3 Å². The summed E-state index contributed by atoms with van der Waals surface area (Å²) in [5.74, 6) is -0.661. The van der Waals surface area contributed by atoms with Crippen LogP contribution in [0.5, 0.6) is 11.5 Å². The fraction of sp³-hybridized carbons (Fsp3) is 0.385. The van der Waals surface area contributed by atoms with Gasteiger partial charge in [-0.05, 0) is 13.0 Å². The maximum atomic E-state index is 13.3. The van der Waals surface area contributed by atoms with Crippen LogP contribution in [0.2, 0.25) is 0 Å². The van der Waals surface area contributed by atoms with E-state index in [4.69, 9.17) is 14.2 Å². The van der Waals surface area contributed by atoms with E-state index in [9.17, 15) is 14.7 Å². The lowest BCUT2D eigenvalue weighted by Crippen LogP contribution is -2.42. The Labute approximate surface area is 199 Å². The molecule has 0 bridgehead atoms. The van der Waals surface area contributed by atoms with Gasteiger partial charge in [0.1, 0.15) is 5.76 Å². The van der Waals surface area contributed by atoms with E-state index in [2.05, 4.69) is 4.90 Å². The molecule has 8 nitrogen and oxygen atoms in total. The number of amides is 1. The number of Topliss-reactive ketones (excluding diaryl/α,β-unsaturated/α-hetero) is 1. The Bertz CT molecular complexity index is 1090. The fourth-order valence-electron chi connectivity index (χ4n) is 4.50. The third kappa shape index (κ3) is 4.51. The predicted molar refractivity (Wildman–Crippen MR) is 127 cm³/mol. The lowest BCUT2D eigenvalue weighted by atomic mass is 9.94. The molecule has 0 aliphatic carbocycles. The van der Waals surface area contributed by atoms with Gasteiger partial charge in [-0.1, -0.05) is 42.0 Å². The number of aryl methyl sites for hydroxylation is 1. The van der Waals surface area contributed by atoms with E-state index >= 15 is 0 Å². The van der Waals surface area contributed by atoms with E-state index in [1.165, 1.54) is 19.1 Å². The lowest BCUT2D eigenvalue weighted by molar-refractivity contribution is -0.140. The molecule has 0 aromatic heterocycles. The molecule has 2 fully saturated rings. The molecule has 2 aromatic rings. The van der Waals surface area contributed by atoms with E-state index in [0.29, 0.717) is 48.9 Å². The summed E-state index contributed by atoms with van der Waals surface area (Å²) in [7, 11) is 3.05. The number of hydrogen-bond acceptors (Lipinski definition) is 7. The largest absolute Gasteiger partial charge is 0.507 e. The van der Waals surface area contributed by atoms with Gasteiger partial charge >= 0.3 is 0 Å². The second kappa shape index (κ2) is 10.3. The second-order valence-corrected chi connectivity index (χ2v) is 8.40. The van der Waals surface area contributed by atoms with Gasteiger partial charge in [-0.2, -0.15) is 0 Å². The van der Waals surface area contributed by atoms with Crippen LogP contribution in [-0.2, 0) is 14.3 Å². The van der Waals surface area contributed by atoms with Gasteiger partial charge in [0.25, 0.3) is 11.7 Å². The molecule has 2 aromatic carbocycles. The van der Waals surface area contributed by atoms with Crippen molar-refractivity contribution >= 4 is 17.4 Å².